The molecular weight excluding hydrogens is 339 g/mol. The van der Waals surface area contributed by atoms with E-state index in [4.69, 9.17) is 23.2 Å². The summed E-state index contributed by atoms with van der Waals surface area (Å²) in [6, 6.07) is 19.4. The van der Waals surface area contributed by atoms with Crippen molar-refractivity contribution in [3.8, 4) is 0 Å². The summed E-state index contributed by atoms with van der Waals surface area (Å²) < 4.78 is 14.7. The second kappa shape index (κ2) is 9.06. The second-order valence-electron chi connectivity index (χ2n) is 4.78. The molecule has 116 valence electrons. The van der Waals surface area contributed by atoms with Crippen LogP contribution in [0.1, 0.15) is 21.9 Å². The van der Waals surface area contributed by atoms with Crippen LogP contribution < -0.4 is 0 Å². The lowest BCUT2D eigenvalue weighted by atomic mass is 10.1. The molecule has 2 rings (SSSR count). The SMILES string of the molecule is O=S=NN(C[C@@H](Cl)c1ccccc1)C[C@H](Cl)c1ccccc1. The van der Waals surface area contributed by atoms with Crippen molar-refractivity contribution in [3.05, 3.63) is 71.8 Å². The molecule has 22 heavy (non-hydrogen) atoms. The molecule has 0 aliphatic rings. The molecule has 0 unspecified atom stereocenters. The van der Waals surface area contributed by atoms with E-state index in [-0.39, 0.29) is 22.2 Å². The van der Waals surface area contributed by atoms with Crippen LogP contribution in [0.3, 0.4) is 0 Å². The molecule has 0 aromatic heterocycles. The Balaban J connectivity index is 2.02. The van der Waals surface area contributed by atoms with E-state index in [2.05, 4.69) is 4.47 Å². The third-order valence-electron chi connectivity index (χ3n) is 3.21. The summed E-state index contributed by atoms with van der Waals surface area (Å²) >= 11 is 13.0. The van der Waals surface area contributed by atoms with Gasteiger partial charge >= 0.3 is 0 Å². The fourth-order valence-electron chi connectivity index (χ4n) is 2.09. The Morgan fingerprint density at radius 1 is 0.864 bits per heavy atom. The molecule has 3 nitrogen and oxygen atoms in total. The second-order valence-corrected chi connectivity index (χ2v) is 6.15. The average Bonchev–Trinajstić information content (AvgIpc) is 2.56. The summed E-state index contributed by atoms with van der Waals surface area (Å²) in [5, 5.41) is 1.13. The number of alkyl halides is 2. The van der Waals surface area contributed by atoms with Gasteiger partial charge in [-0.25, -0.2) is 0 Å². The van der Waals surface area contributed by atoms with E-state index in [1.165, 1.54) is 0 Å². The third-order valence-corrected chi connectivity index (χ3v) is 4.29. The van der Waals surface area contributed by atoms with Gasteiger partial charge in [-0.3, -0.25) is 0 Å². The lowest BCUT2D eigenvalue weighted by Gasteiger charge is -2.21. The van der Waals surface area contributed by atoms with Crippen molar-refractivity contribution < 1.29 is 4.21 Å². The van der Waals surface area contributed by atoms with Crippen LogP contribution in [-0.2, 0) is 11.5 Å². The molecule has 2 aromatic rings. The highest BCUT2D eigenvalue weighted by atomic mass is 35.5. The highest BCUT2D eigenvalue weighted by molar-refractivity contribution is 7.54. The van der Waals surface area contributed by atoms with Crippen molar-refractivity contribution in [3.63, 3.8) is 0 Å². The molecule has 0 radical (unpaired) electrons. The number of hydrogen-bond donors (Lipinski definition) is 0. The van der Waals surface area contributed by atoms with Gasteiger partial charge in [0.05, 0.1) is 10.8 Å². The maximum absolute atomic E-state index is 10.8. The quantitative estimate of drug-likeness (QED) is 0.539. The molecule has 0 aliphatic carbocycles. The molecule has 0 fully saturated rings. The first kappa shape index (κ1) is 17.2. The van der Waals surface area contributed by atoms with E-state index in [1.54, 1.807) is 5.01 Å². The molecular formula is C16H16Cl2N2OS. The summed E-state index contributed by atoms with van der Waals surface area (Å²) in [4.78, 5) is 0. The van der Waals surface area contributed by atoms with Gasteiger partial charge in [-0.2, -0.15) is 9.22 Å². The highest BCUT2D eigenvalue weighted by Crippen LogP contribution is 2.25. The number of rotatable bonds is 7. The standard InChI is InChI=1S/C16H16Cl2N2OS/c17-15(13-7-3-1-4-8-13)11-20(19-22-21)12-16(18)14-9-5-2-6-10-14/h1-10,15-16H,11-12H2/t15-,16+. The van der Waals surface area contributed by atoms with Gasteiger partial charge < -0.3 is 0 Å². The van der Waals surface area contributed by atoms with Gasteiger partial charge in [0.15, 0.2) is 0 Å². The van der Waals surface area contributed by atoms with Crippen LogP contribution in [0, 0.1) is 0 Å². The van der Waals surface area contributed by atoms with Crippen molar-refractivity contribution in [1.82, 2.24) is 5.01 Å². The zero-order valence-electron chi connectivity index (χ0n) is 11.8. The first-order chi connectivity index (χ1) is 10.7. The molecule has 0 heterocycles. The predicted octanol–water partition coefficient (Wildman–Crippen LogP) is 4.56. The molecule has 0 saturated carbocycles. The molecule has 0 amide bonds. The van der Waals surface area contributed by atoms with Crippen molar-refractivity contribution >= 4 is 34.7 Å². The van der Waals surface area contributed by atoms with Gasteiger partial charge in [0.1, 0.15) is 0 Å². The van der Waals surface area contributed by atoms with Gasteiger partial charge in [-0.1, -0.05) is 60.7 Å². The van der Waals surface area contributed by atoms with Gasteiger partial charge in [-0.05, 0) is 11.1 Å². The van der Waals surface area contributed by atoms with Crippen LogP contribution in [0.4, 0.5) is 0 Å². The third kappa shape index (κ3) is 5.21. The maximum atomic E-state index is 10.8. The number of halogens is 2. The zero-order chi connectivity index (χ0) is 15.8. The van der Waals surface area contributed by atoms with E-state index in [1.807, 2.05) is 60.7 Å². The largest absolute Gasteiger partial charge is 0.217 e. The molecule has 0 spiro atoms. The van der Waals surface area contributed by atoms with Gasteiger partial charge in [0.2, 0.25) is 11.5 Å². The van der Waals surface area contributed by atoms with E-state index in [9.17, 15) is 4.21 Å². The summed E-state index contributed by atoms with van der Waals surface area (Å²) in [5.74, 6) is 0. The van der Waals surface area contributed by atoms with Crippen LogP contribution in [-0.4, -0.2) is 22.3 Å². The smallest absolute Gasteiger partial charge is 0.190 e. The Morgan fingerprint density at radius 3 is 1.64 bits per heavy atom. The van der Waals surface area contributed by atoms with Crippen molar-refractivity contribution in [2.75, 3.05) is 13.1 Å². The lowest BCUT2D eigenvalue weighted by molar-refractivity contribution is 0.293. The van der Waals surface area contributed by atoms with Gasteiger partial charge in [0, 0.05) is 13.1 Å². The minimum Gasteiger partial charge on any atom is -0.190 e. The summed E-state index contributed by atoms with van der Waals surface area (Å²) in [7, 11) is 0. The maximum Gasteiger partial charge on any atom is 0.217 e. The van der Waals surface area contributed by atoms with Crippen LogP contribution in [0.5, 0.6) is 0 Å². The van der Waals surface area contributed by atoms with E-state index < -0.39 is 0 Å². The predicted molar refractivity (Wildman–Crippen MR) is 92.2 cm³/mol. The van der Waals surface area contributed by atoms with Crippen molar-refractivity contribution in [2.24, 2.45) is 4.47 Å². The molecule has 0 N–H and O–H groups in total. The summed E-state index contributed by atoms with van der Waals surface area (Å²) in [5.41, 5.74) is 1.98. The Morgan fingerprint density at radius 2 is 1.27 bits per heavy atom. The molecule has 0 aliphatic heterocycles. The number of benzene rings is 2. The number of nitrogens with zero attached hydrogens (tertiary/aromatic N) is 2. The topological polar surface area (TPSA) is 32.7 Å². The zero-order valence-corrected chi connectivity index (χ0v) is 14.1. The van der Waals surface area contributed by atoms with Crippen LogP contribution in [0.25, 0.3) is 0 Å². The molecule has 6 heteroatoms. The molecule has 2 atom stereocenters. The van der Waals surface area contributed by atoms with E-state index in [0.29, 0.717) is 13.1 Å². The molecule has 0 bridgehead atoms. The Hall–Kier alpha value is -1.20. The highest BCUT2D eigenvalue weighted by Gasteiger charge is 2.18. The van der Waals surface area contributed by atoms with Gasteiger partial charge in [-0.15, -0.1) is 27.7 Å². The van der Waals surface area contributed by atoms with E-state index in [0.717, 1.165) is 11.1 Å². The van der Waals surface area contributed by atoms with E-state index >= 15 is 0 Å². The van der Waals surface area contributed by atoms with Crippen molar-refractivity contribution in [1.29, 1.82) is 0 Å². The first-order valence-corrected chi connectivity index (χ1v) is 8.40. The van der Waals surface area contributed by atoms with Crippen LogP contribution in [0.2, 0.25) is 0 Å². The summed E-state index contributed by atoms with van der Waals surface area (Å²) in [6.07, 6.45) is 0. The average molecular weight is 355 g/mol. The fourth-order valence-corrected chi connectivity index (χ4v) is 2.93. The minimum absolute atomic E-state index is 0.168. The fraction of sp³-hybridized carbons (Fsp3) is 0.250. The first-order valence-electron chi connectivity index (χ1n) is 6.83. The Bertz CT molecular complexity index is 573. The summed E-state index contributed by atoms with van der Waals surface area (Å²) in [6.45, 7) is 0.855. The normalized spacial score (nSPS) is 13.6. The van der Waals surface area contributed by atoms with Crippen LogP contribution >= 0.6 is 23.2 Å². The Kier molecular flexibility index (Phi) is 7.06. The number of hydrogen-bond acceptors (Lipinski definition) is 2. The van der Waals surface area contributed by atoms with Gasteiger partial charge in [0.25, 0.3) is 0 Å². The molecule has 0 saturated heterocycles. The Labute approximate surface area is 144 Å². The molecule has 2 aromatic carbocycles. The lowest BCUT2D eigenvalue weighted by Crippen LogP contribution is -2.25. The van der Waals surface area contributed by atoms with Crippen LogP contribution in [0.15, 0.2) is 65.1 Å². The van der Waals surface area contributed by atoms with Crippen molar-refractivity contribution in [2.45, 2.75) is 10.8 Å². The minimum atomic E-state index is -0.253. The monoisotopic (exact) mass is 354 g/mol.